The van der Waals surface area contributed by atoms with Gasteiger partial charge in [0.1, 0.15) is 6.04 Å². The average Bonchev–Trinajstić information content (AvgIpc) is 2.50. The molecular formula is C16H24N2O2. The molecule has 0 saturated heterocycles. The van der Waals surface area contributed by atoms with Crippen LogP contribution in [0.1, 0.15) is 36.9 Å². The van der Waals surface area contributed by atoms with E-state index in [2.05, 4.69) is 23.6 Å². The van der Waals surface area contributed by atoms with E-state index in [9.17, 15) is 4.79 Å². The van der Waals surface area contributed by atoms with Crippen LogP contribution in [0.4, 0.5) is 0 Å². The summed E-state index contributed by atoms with van der Waals surface area (Å²) in [5.74, 6) is 0.0382. The molecule has 110 valence electrons. The van der Waals surface area contributed by atoms with E-state index in [0.29, 0.717) is 13.2 Å². The lowest BCUT2D eigenvalue weighted by Crippen LogP contribution is -2.42. The van der Waals surface area contributed by atoms with E-state index in [4.69, 9.17) is 4.74 Å². The molecule has 4 nitrogen and oxygen atoms in total. The Balaban J connectivity index is 1.79. The Morgan fingerprint density at radius 3 is 3.10 bits per heavy atom. The van der Waals surface area contributed by atoms with Gasteiger partial charge in [-0.25, -0.2) is 0 Å². The Bertz CT molecular complexity index is 434. The van der Waals surface area contributed by atoms with Gasteiger partial charge in [0.05, 0.1) is 6.61 Å². The number of hydrogen-bond acceptors (Lipinski definition) is 3. The van der Waals surface area contributed by atoms with Crippen molar-refractivity contribution in [3.63, 3.8) is 0 Å². The summed E-state index contributed by atoms with van der Waals surface area (Å²) in [6.07, 6.45) is 3.20. The molecule has 2 N–H and O–H groups in total. The van der Waals surface area contributed by atoms with Gasteiger partial charge < -0.3 is 15.4 Å². The molecule has 1 heterocycles. The van der Waals surface area contributed by atoms with Gasteiger partial charge in [0.25, 0.3) is 0 Å². The van der Waals surface area contributed by atoms with Crippen LogP contribution in [0.5, 0.6) is 0 Å². The Hall–Kier alpha value is -1.39. The van der Waals surface area contributed by atoms with Crippen LogP contribution in [0.15, 0.2) is 24.3 Å². The minimum Gasteiger partial charge on any atom is -0.380 e. The van der Waals surface area contributed by atoms with Crippen molar-refractivity contribution in [2.75, 3.05) is 26.3 Å². The van der Waals surface area contributed by atoms with Crippen LogP contribution in [0.2, 0.25) is 0 Å². The number of rotatable bonds is 7. The monoisotopic (exact) mass is 276 g/mol. The van der Waals surface area contributed by atoms with E-state index in [1.165, 1.54) is 5.56 Å². The van der Waals surface area contributed by atoms with E-state index < -0.39 is 0 Å². The zero-order valence-electron chi connectivity index (χ0n) is 12.2. The maximum atomic E-state index is 12.2. The van der Waals surface area contributed by atoms with Crippen molar-refractivity contribution in [2.24, 2.45) is 0 Å². The fraction of sp³-hybridized carbons (Fsp3) is 0.562. The van der Waals surface area contributed by atoms with Crippen molar-refractivity contribution in [3.8, 4) is 0 Å². The number of nitrogens with one attached hydrogen (secondary N) is 2. The number of ether oxygens (including phenoxy) is 1. The summed E-state index contributed by atoms with van der Waals surface area (Å²) in [5, 5.41) is 6.23. The van der Waals surface area contributed by atoms with E-state index in [0.717, 1.165) is 38.0 Å². The van der Waals surface area contributed by atoms with Crippen LogP contribution in [0.25, 0.3) is 0 Å². The molecule has 0 aromatic heterocycles. The highest BCUT2D eigenvalue weighted by molar-refractivity contribution is 5.83. The molecule has 1 aliphatic heterocycles. The van der Waals surface area contributed by atoms with E-state index >= 15 is 0 Å². The number of carbonyl (C=O) groups excluding carboxylic acids is 1. The highest BCUT2D eigenvalue weighted by Gasteiger charge is 2.25. The fourth-order valence-electron chi connectivity index (χ4n) is 2.44. The predicted molar refractivity (Wildman–Crippen MR) is 79.6 cm³/mol. The third-order valence-electron chi connectivity index (χ3n) is 3.56. The van der Waals surface area contributed by atoms with Gasteiger partial charge in [0, 0.05) is 19.7 Å². The first-order chi connectivity index (χ1) is 9.83. The van der Waals surface area contributed by atoms with Crippen LogP contribution >= 0.6 is 0 Å². The van der Waals surface area contributed by atoms with E-state index in [1.54, 1.807) is 0 Å². The number of benzene rings is 1. The Morgan fingerprint density at radius 2 is 2.25 bits per heavy atom. The normalized spacial score (nSPS) is 17.6. The third kappa shape index (κ3) is 4.05. The molecule has 1 aromatic carbocycles. The van der Waals surface area contributed by atoms with Crippen LogP contribution < -0.4 is 10.6 Å². The van der Waals surface area contributed by atoms with Crippen molar-refractivity contribution >= 4 is 5.91 Å². The van der Waals surface area contributed by atoms with Gasteiger partial charge in [-0.3, -0.25) is 4.79 Å². The molecule has 1 amide bonds. The highest BCUT2D eigenvalue weighted by Crippen LogP contribution is 2.22. The molecule has 0 bridgehead atoms. The van der Waals surface area contributed by atoms with Crippen molar-refractivity contribution in [1.29, 1.82) is 0 Å². The maximum absolute atomic E-state index is 12.2. The van der Waals surface area contributed by atoms with Gasteiger partial charge in [0.15, 0.2) is 0 Å². The largest absolute Gasteiger partial charge is 0.380 e. The number of carbonyl (C=O) groups is 1. The topological polar surface area (TPSA) is 50.4 Å². The molecule has 0 fully saturated rings. The second-order valence-electron chi connectivity index (χ2n) is 5.09. The summed E-state index contributed by atoms with van der Waals surface area (Å²) >= 11 is 0. The fourth-order valence-corrected chi connectivity index (χ4v) is 2.44. The number of hydrogen-bond donors (Lipinski definition) is 2. The zero-order chi connectivity index (χ0) is 14.2. The number of unbranched alkanes of at least 4 members (excludes halogenated alkanes) is 1. The Kier molecular flexibility index (Phi) is 6.02. The lowest BCUT2D eigenvalue weighted by atomic mass is 9.94. The Labute approximate surface area is 120 Å². The number of amides is 1. The molecule has 0 saturated carbocycles. The molecule has 4 heteroatoms. The third-order valence-corrected chi connectivity index (χ3v) is 3.56. The number of fused-ring (bicyclic) bond motifs is 1. The second-order valence-corrected chi connectivity index (χ2v) is 5.09. The van der Waals surface area contributed by atoms with Crippen molar-refractivity contribution in [3.05, 3.63) is 35.4 Å². The van der Waals surface area contributed by atoms with Crippen molar-refractivity contribution in [2.45, 2.75) is 32.2 Å². The molecule has 2 rings (SSSR count). The first-order valence-electron chi connectivity index (χ1n) is 7.49. The quantitative estimate of drug-likeness (QED) is 0.747. The minimum absolute atomic E-state index is 0.0382. The van der Waals surface area contributed by atoms with Crippen LogP contribution in [-0.2, 0) is 16.0 Å². The van der Waals surface area contributed by atoms with Gasteiger partial charge in [-0.05, 0) is 24.0 Å². The summed E-state index contributed by atoms with van der Waals surface area (Å²) in [7, 11) is 0. The average molecular weight is 276 g/mol. The molecule has 0 aliphatic carbocycles. The molecule has 1 atom stereocenters. The molecule has 20 heavy (non-hydrogen) atoms. The summed E-state index contributed by atoms with van der Waals surface area (Å²) in [6, 6.07) is 7.92. The minimum atomic E-state index is -0.226. The summed E-state index contributed by atoms with van der Waals surface area (Å²) in [6.45, 7) is 4.92. The van der Waals surface area contributed by atoms with Crippen LogP contribution in [0.3, 0.4) is 0 Å². The second kappa shape index (κ2) is 8.02. The maximum Gasteiger partial charge on any atom is 0.241 e. The molecular weight excluding hydrogens is 252 g/mol. The highest BCUT2D eigenvalue weighted by atomic mass is 16.5. The molecule has 1 aromatic rings. The van der Waals surface area contributed by atoms with Gasteiger partial charge in [-0.15, -0.1) is 0 Å². The Morgan fingerprint density at radius 1 is 1.40 bits per heavy atom. The molecule has 0 spiro atoms. The van der Waals surface area contributed by atoms with Gasteiger partial charge in [-0.2, -0.15) is 0 Å². The predicted octanol–water partition coefficient (Wildman–Crippen LogP) is 1.81. The van der Waals surface area contributed by atoms with Crippen LogP contribution in [0, 0.1) is 0 Å². The standard InChI is InChI=1S/C16H24N2O2/c1-2-3-11-20-12-10-18-16(19)15-14-7-5-4-6-13(14)8-9-17-15/h4-7,15,17H,2-3,8-12H2,1H3,(H,18,19). The van der Waals surface area contributed by atoms with E-state index in [1.807, 2.05) is 18.2 Å². The van der Waals surface area contributed by atoms with Crippen LogP contribution in [-0.4, -0.2) is 32.2 Å². The molecule has 1 aliphatic rings. The summed E-state index contributed by atoms with van der Waals surface area (Å²) < 4.78 is 5.45. The zero-order valence-corrected chi connectivity index (χ0v) is 12.2. The lowest BCUT2D eigenvalue weighted by Gasteiger charge is -2.26. The molecule has 0 radical (unpaired) electrons. The summed E-state index contributed by atoms with van der Waals surface area (Å²) in [4.78, 5) is 12.2. The van der Waals surface area contributed by atoms with Gasteiger partial charge in [0.2, 0.25) is 5.91 Å². The lowest BCUT2D eigenvalue weighted by molar-refractivity contribution is -0.123. The first kappa shape index (κ1) is 15.0. The van der Waals surface area contributed by atoms with Crippen molar-refractivity contribution in [1.82, 2.24) is 10.6 Å². The SMILES string of the molecule is CCCCOCCNC(=O)C1NCCc2ccccc21. The van der Waals surface area contributed by atoms with E-state index in [-0.39, 0.29) is 11.9 Å². The first-order valence-corrected chi connectivity index (χ1v) is 7.49. The van der Waals surface area contributed by atoms with Crippen molar-refractivity contribution < 1.29 is 9.53 Å². The van der Waals surface area contributed by atoms with Gasteiger partial charge >= 0.3 is 0 Å². The van der Waals surface area contributed by atoms with Gasteiger partial charge in [-0.1, -0.05) is 37.6 Å². The molecule has 1 unspecified atom stereocenters. The smallest absolute Gasteiger partial charge is 0.241 e. The summed E-state index contributed by atoms with van der Waals surface area (Å²) in [5.41, 5.74) is 2.37.